The molecule has 1 aromatic heterocycles. The zero-order valence-corrected chi connectivity index (χ0v) is 12.4. The molecule has 0 aliphatic heterocycles. The summed E-state index contributed by atoms with van der Waals surface area (Å²) in [5.41, 5.74) is 0.146. The smallest absolute Gasteiger partial charge is 0.241 e. The van der Waals surface area contributed by atoms with E-state index >= 15 is 0 Å². The lowest BCUT2D eigenvalue weighted by atomic mass is 10.1. The molecule has 0 bridgehead atoms. The van der Waals surface area contributed by atoms with Gasteiger partial charge in [0.15, 0.2) is 5.82 Å². The second kappa shape index (κ2) is 7.08. The molecule has 1 amide bonds. The first-order valence-electron chi connectivity index (χ1n) is 6.94. The lowest BCUT2D eigenvalue weighted by Gasteiger charge is -2.13. The van der Waals surface area contributed by atoms with Gasteiger partial charge in [0.05, 0.1) is 6.10 Å². The van der Waals surface area contributed by atoms with Crippen LogP contribution in [0.4, 0.5) is 4.39 Å². The lowest BCUT2D eigenvalue weighted by Crippen LogP contribution is -2.32. The van der Waals surface area contributed by atoms with Gasteiger partial charge in [-0.05, 0) is 16.5 Å². The molecule has 1 atom stereocenters. The molecule has 0 saturated carbocycles. The van der Waals surface area contributed by atoms with Crippen molar-refractivity contribution in [2.75, 3.05) is 6.54 Å². The van der Waals surface area contributed by atoms with Gasteiger partial charge in [-0.25, -0.2) is 9.07 Å². The van der Waals surface area contributed by atoms with Crippen LogP contribution in [0.3, 0.4) is 0 Å². The molecular formula is C14H18FN5O2. The van der Waals surface area contributed by atoms with Gasteiger partial charge in [0.2, 0.25) is 5.91 Å². The molecule has 2 rings (SSSR count). The van der Waals surface area contributed by atoms with Crippen molar-refractivity contribution in [3.8, 4) is 0 Å². The number of aromatic nitrogens is 4. The summed E-state index contributed by atoms with van der Waals surface area (Å²) < 4.78 is 14.9. The monoisotopic (exact) mass is 307 g/mol. The van der Waals surface area contributed by atoms with Crippen molar-refractivity contribution in [2.45, 2.75) is 32.4 Å². The number of halogens is 1. The standard InChI is InChI=1S/C14H18FN5O2/c1-9(2)14-17-18-19-20(14)8-13(22)16-7-12(21)10-5-3-4-6-11(10)15/h3-6,9,12,21H,7-8H2,1-2H3,(H,16,22). The first kappa shape index (κ1) is 16.0. The number of amides is 1. The largest absolute Gasteiger partial charge is 0.386 e. The van der Waals surface area contributed by atoms with E-state index in [4.69, 9.17) is 0 Å². The van der Waals surface area contributed by atoms with E-state index < -0.39 is 11.9 Å². The van der Waals surface area contributed by atoms with E-state index in [2.05, 4.69) is 20.8 Å². The number of nitrogens with zero attached hydrogens (tertiary/aromatic N) is 4. The molecule has 0 saturated heterocycles. The summed E-state index contributed by atoms with van der Waals surface area (Å²) in [7, 11) is 0. The summed E-state index contributed by atoms with van der Waals surface area (Å²) >= 11 is 0. The lowest BCUT2D eigenvalue weighted by molar-refractivity contribution is -0.122. The number of benzene rings is 1. The van der Waals surface area contributed by atoms with Gasteiger partial charge in [-0.15, -0.1) is 5.10 Å². The molecule has 0 spiro atoms. The topological polar surface area (TPSA) is 92.9 Å². The molecule has 0 aliphatic rings. The molecule has 22 heavy (non-hydrogen) atoms. The quantitative estimate of drug-likeness (QED) is 0.823. The van der Waals surface area contributed by atoms with Crippen molar-refractivity contribution in [1.29, 1.82) is 0 Å². The fourth-order valence-electron chi connectivity index (χ4n) is 2.00. The fraction of sp³-hybridized carbons (Fsp3) is 0.429. The number of aliphatic hydroxyl groups is 1. The second-order valence-electron chi connectivity index (χ2n) is 5.19. The van der Waals surface area contributed by atoms with Crippen LogP contribution in [0.15, 0.2) is 24.3 Å². The first-order chi connectivity index (χ1) is 10.5. The molecule has 8 heteroatoms. The highest BCUT2D eigenvalue weighted by atomic mass is 19.1. The Hall–Kier alpha value is -2.35. The summed E-state index contributed by atoms with van der Waals surface area (Å²) in [4.78, 5) is 11.9. The van der Waals surface area contributed by atoms with Crippen LogP contribution in [0.2, 0.25) is 0 Å². The number of nitrogens with one attached hydrogen (secondary N) is 1. The van der Waals surface area contributed by atoms with E-state index in [0.29, 0.717) is 5.82 Å². The molecule has 0 aliphatic carbocycles. The van der Waals surface area contributed by atoms with E-state index in [9.17, 15) is 14.3 Å². The molecule has 1 aromatic carbocycles. The summed E-state index contributed by atoms with van der Waals surface area (Å²) in [6, 6.07) is 5.90. The number of carbonyl (C=O) groups is 1. The summed E-state index contributed by atoms with van der Waals surface area (Å²) in [6.07, 6.45) is -1.11. The second-order valence-corrected chi connectivity index (χ2v) is 5.19. The highest BCUT2D eigenvalue weighted by Crippen LogP contribution is 2.15. The highest BCUT2D eigenvalue weighted by Gasteiger charge is 2.16. The van der Waals surface area contributed by atoms with Gasteiger partial charge in [0.1, 0.15) is 12.4 Å². The summed E-state index contributed by atoms with van der Waals surface area (Å²) in [5, 5.41) is 23.6. The van der Waals surface area contributed by atoms with Crippen molar-refractivity contribution in [1.82, 2.24) is 25.5 Å². The number of aliphatic hydroxyl groups excluding tert-OH is 1. The molecule has 0 fully saturated rings. The van der Waals surface area contributed by atoms with E-state index in [1.165, 1.54) is 22.9 Å². The summed E-state index contributed by atoms with van der Waals surface area (Å²) in [5.74, 6) is -0.173. The third-order valence-corrected chi connectivity index (χ3v) is 3.13. The van der Waals surface area contributed by atoms with Crippen molar-refractivity contribution in [3.63, 3.8) is 0 Å². The normalized spacial score (nSPS) is 12.4. The number of carbonyl (C=O) groups excluding carboxylic acids is 1. The average Bonchev–Trinajstić information content (AvgIpc) is 2.93. The van der Waals surface area contributed by atoms with Crippen LogP contribution in [0.1, 0.15) is 37.3 Å². The average molecular weight is 307 g/mol. The number of tetrazole rings is 1. The molecule has 7 nitrogen and oxygen atoms in total. The Morgan fingerprint density at radius 2 is 2.14 bits per heavy atom. The molecule has 2 N–H and O–H groups in total. The minimum absolute atomic E-state index is 0.0511. The number of hydrogen-bond acceptors (Lipinski definition) is 5. The van der Waals surface area contributed by atoms with Crippen molar-refractivity contribution in [2.24, 2.45) is 0 Å². The Morgan fingerprint density at radius 1 is 1.41 bits per heavy atom. The van der Waals surface area contributed by atoms with Gasteiger partial charge < -0.3 is 10.4 Å². The SMILES string of the molecule is CC(C)c1nnnn1CC(=O)NCC(O)c1ccccc1F. The Labute approximate surface area is 127 Å². The fourth-order valence-corrected chi connectivity index (χ4v) is 2.00. The van der Waals surface area contributed by atoms with Gasteiger partial charge in [-0.3, -0.25) is 4.79 Å². The van der Waals surface area contributed by atoms with Crippen LogP contribution < -0.4 is 5.32 Å². The van der Waals surface area contributed by atoms with Crippen LogP contribution in [-0.4, -0.2) is 37.8 Å². The van der Waals surface area contributed by atoms with Crippen molar-refractivity contribution < 1.29 is 14.3 Å². The maximum Gasteiger partial charge on any atom is 0.241 e. The summed E-state index contributed by atoms with van der Waals surface area (Å²) in [6.45, 7) is 3.70. The molecule has 2 aromatic rings. The zero-order valence-electron chi connectivity index (χ0n) is 12.4. The minimum atomic E-state index is -1.11. The van der Waals surface area contributed by atoms with Crippen LogP contribution in [0.25, 0.3) is 0 Å². The van der Waals surface area contributed by atoms with Crippen LogP contribution in [0, 0.1) is 5.82 Å². The Morgan fingerprint density at radius 3 is 2.82 bits per heavy atom. The van der Waals surface area contributed by atoms with Crippen LogP contribution in [-0.2, 0) is 11.3 Å². The Kier molecular flexibility index (Phi) is 5.16. The van der Waals surface area contributed by atoms with Gasteiger partial charge in [-0.1, -0.05) is 32.0 Å². The van der Waals surface area contributed by atoms with E-state index in [1.807, 2.05) is 13.8 Å². The Balaban J connectivity index is 1.90. The molecule has 118 valence electrons. The van der Waals surface area contributed by atoms with Gasteiger partial charge >= 0.3 is 0 Å². The maximum absolute atomic E-state index is 13.5. The van der Waals surface area contributed by atoms with Gasteiger partial charge in [0.25, 0.3) is 0 Å². The van der Waals surface area contributed by atoms with Crippen LogP contribution in [0.5, 0.6) is 0 Å². The van der Waals surface area contributed by atoms with E-state index in [-0.39, 0.29) is 30.5 Å². The highest BCUT2D eigenvalue weighted by molar-refractivity contribution is 5.75. The van der Waals surface area contributed by atoms with Crippen LogP contribution >= 0.6 is 0 Å². The third kappa shape index (κ3) is 3.85. The zero-order chi connectivity index (χ0) is 16.1. The maximum atomic E-state index is 13.5. The van der Waals surface area contributed by atoms with Gasteiger partial charge in [0, 0.05) is 18.0 Å². The predicted molar refractivity (Wildman–Crippen MR) is 76.3 cm³/mol. The predicted octanol–water partition coefficient (Wildman–Crippen LogP) is 0.785. The molecular weight excluding hydrogens is 289 g/mol. The first-order valence-corrected chi connectivity index (χ1v) is 6.94. The Bertz CT molecular complexity index is 644. The van der Waals surface area contributed by atoms with Crippen molar-refractivity contribution >= 4 is 5.91 Å². The molecule has 0 radical (unpaired) electrons. The third-order valence-electron chi connectivity index (χ3n) is 3.13. The van der Waals surface area contributed by atoms with E-state index in [1.54, 1.807) is 6.07 Å². The minimum Gasteiger partial charge on any atom is -0.386 e. The van der Waals surface area contributed by atoms with Crippen molar-refractivity contribution in [3.05, 3.63) is 41.5 Å². The van der Waals surface area contributed by atoms with Gasteiger partial charge in [-0.2, -0.15) is 0 Å². The number of hydrogen-bond donors (Lipinski definition) is 2. The molecule has 1 unspecified atom stereocenters. The molecule has 1 heterocycles. The number of rotatable bonds is 6. The van der Waals surface area contributed by atoms with E-state index in [0.717, 1.165) is 0 Å².